The number of rotatable bonds is 13. The number of hydrogen-bond acceptors (Lipinski definition) is 3. The van der Waals surface area contributed by atoms with Gasteiger partial charge in [-0.3, -0.25) is 0 Å². The van der Waals surface area contributed by atoms with Crippen LogP contribution in [0.15, 0.2) is 0 Å². The molecule has 0 heterocycles. The minimum absolute atomic E-state index is 0.245. The summed E-state index contributed by atoms with van der Waals surface area (Å²) in [4.78, 5) is 0.530. The van der Waals surface area contributed by atoms with E-state index < -0.39 is 9.28 Å². The molecule has 0 spiro atoms. The van der Waals surface area contributed by atoms with Crippen molar-refractivity contribution in [3.05, 3.63) is 0 Å². The molecule has 0 amide bonds. The van der Waals surface area contributed by atoms with Gasteiger partial charge in [0, 0.05) is 22.7 Å². The highest BCUT2D eigenvalue weighted by Crippen LogP contribution is 2.35. The predicted octanol–water partition coefficient (Wildman–Crippen LogP) is 4.12. The van der Waals surface area contributed by atoms with Crippen molar-refractivity contribution >= 4 is 31.4 Å². The monoisotopic (exact) mass is 350 g/mol. The molecule has 5 heteroatoms. The Morgan fingerprint density at radius 3 is 1.90 bits per heavy atom. The molecular weight excluding hydrogens is 312 g/mol. The molecule has 0 radical (unpaired) electrons. The largest absolute Gasteiger partial charge is 0.397 e. The van der Waals surface area contributed by atoms with Gasteiger partial charge in [-0.1, -0.05) is 54.4 Å². The van der Waals surface area contributed by atoms with Gasteiger partial charge in [-0.15, -0.1) is 0 Å². The fourth-order valence-corrected chi connectivity index (χ4v) is 8.82. The molecule has 128 valence electrons. The van der Waals surface area contributed by atoms with Gasteiger partial charge in [0.2, 0.25) is 0 Å². The van der Waals surface area contributed by atoms with Crippen molar-refractivity contribution in [2.45, 2.75) is 83.2 Å². The van der Waals surface area contributed by atoms with E-state index in [1.54, 1.807) is 0 Å². The highest BCUT2D eigenvalue weighted by atomic mass is 32.1. The maximum absolute atomic E-state index is 6.06. The van der Waals surface area contributed by atoms with E-state index in [-0.39, 0.29) is 9.52 Å². The highest BCUT2D eigenvalue weighted by Gasteiger charge is 2.28. The average Bonchev–Trinajstić information content (AvgIpc) is 2.38. The van der Waals surface area contributed by atoms with Crippen molar-refractivity contribution in [3.8, 4) is 0 Å². The zero-order valence-corrected chi connectivity index (χ0v) is 18.6. The Balaban J connectivity index is 4.28. The maximum atomic E-state index is 6.06. The van der Waals surface area contributed by atoms with Crippen molar-refractivity contribution in [2.24, 2.45) is 5.92 Å². The molecular formula is C16H38O2SSi2. The molecule has 0 saturated carbocycles. The van der Waals surface area contributed by atoms with Gasteiger partial charge in [0.1, 0.15) is 0 Å². The van der Waals surface area contributed by atoms with Crippen LogP contribution in [0.1, 0.15) is 67.2 Å². The Morgan fingerprint density at radius 2 is 1.52 bits per heavy atom. The van der Waals surface area contributed by atoms with Crippen LogP contribution in [0.4, 0.5) is 0 Å². The van der Waals surface area contributed by atoms with Crippen LogP contribution in [0.2, 0.25) is 11.1 Å². The third kappa shape index (κ3) is 11.0. The molecule has 2 nitrogen and oxygen atoms in total. The summed E-state index contributed by atoms with van der Waals surface area (Å²) in [6, 6.07) is 1.08. The summed E-state index contributed by atoms with van der Waals surface area (Å²) in [6.07, 6.45) is 4.67. The van der Waals surface area contributed by atoms with Crippen LogP contribution in [0.25, 0.3) is 0 Å². The molecule has 0 N–H and O–H groups in total. The second-order valence-electron chi connectivity index (χ2n) is 7.12. The van der Waals surface area contributed by atoms with Crippen molar-refractivity contribution in [2.75, 3.05) is 13.2 Å². The van der Waals surface area contributed by atoms with E-state index in [2.05, 4.69) is 41.5 Å². The van der Waals surface area contributed by atoms with Gasteiger partial charge in [-0.2, -0.15) is 12.6 Å². The lowest BCUT2D eigenvalue weighted by Crippen LogP contribution is -2.33. The first-order chi connectivity index (χ1) is 9.83. The molecule has 0 aliphatic heterocycles. The van der Waals surface area contributed by atoms with Crippen LogP contribution in [0.3, 0.4) is 0 Å². The first-order valence-electron chi connectivity index (χ1n) is 8.74. The van der Waals surface area contributed by atoms with E-state index in [9.17, 15) is 0 Å². The molecule has 0 aromatic heterocycles. The van der Waals surface area contributed by atoms with Crippen LogP contribution in [0, 0.1) is 5.92 Å². The van der Waals surface area contributed by atoms with Gasteiger partial charge in [0.05, 0.1) is 0 Å². The fraction of sp³-hybridized carbons (Fsp3) is 1.00. The van der Waals surface area contributed by atoms with Crippen molar-refractivity contribution in [1.29, 1.82) is 0 Å². The smallest absolute Gasteiger partial charge is 0.322 e. The normalized spacial score (nSPS) is 14.7. The number of hydrogen-bond donors (Lipinski definition) is 1. The molecule has 0 saturated heterocycles. The maximum Gasteiger partial charge on any atom is 0.322 e. The fourth-order valence-electron chi connectivity index (χ4n) is 2.05. The molecule has 0 aromatic rings. The van der Waals surface area contributed by atoms with Gasteiger partial charge in [-0.05, 0) is 34.7 Å². The van der Waals surface area contributed by atoms with Gasteiger partial charge >= 0.3 is 9.28 Å². The topological polar surface area (TPSA) is 18.5 Å². The zero-order chi connectivity index (χ0) is 16.3. The molecule has 0 aliphatic carbocycles. The summed E-state index contributed by atoms with van der Waals surface area (Å²) in [5, 5.41) is 0.470. The molecule has 0 rings (SSSR count). The minimum atomic E-state index is -1.52. The molecule has 21 heavy (non-hydrogen) atoms. The summed E-state index contributed by atoms with van der Waals surface area (Å²) < 4.78 is 12.1. The van der Waals surface area contributed by atoms with E-state index in [1.807, 2.05) is 0 Å². The van der Waals surface area contributed by atoms with Gasteiger partial charge in [0.15, 0.2) is 0 Å². The summed E-state index contributed by atoms with van der Waals surface area (Å²) in [5.74, 6) is 0.737. The summed E-state index contributed by atoms with van der Waals surface area (Å²) in [5.41, 5.74) is 0. The molecule has 0 unspecified atom stereocenters. The quantitative estimate of drug-likeness (QED) is 0.306. The average molecular weight is 351 g/mol. The Morgan fingerprint density at radius 1 is 1.05 bits per heavy atom. The van der Waals surface area contributed by atoms with Crippen LogP contribution < -0.4 is 0 Å². The van der Waals surface area contributed by atoms with Crippen LogP contribution in [-0.4, -0.2) is 36.9 Å². The van der Waals surface area contributed by atoms with Crippen molar-refractivity contribution in [1.82, 2.24) is 0 Å². The molecule has 0 aliphatic rings. The van der Waals surface area contributed by atoms with Crippen molar-refractivity contribution in [3.63, 3.8) is 0 Å². The molecule has 0 aromatic carbocycles. The van der Waals surface area contributed by atoms with Gasteiger partial charge in [0.25, 0.3) is 0 Å². The lowest BCUT2D eigenvalue weighted by molar-refractivity contribution is 0.192. The minimum Gasteiger partial charge on any atom is -0.397 e. The second-order valence-corrected chi connectivity index (χ2v) is 13.7. The lowest BCUT2D eigenvalue weighted by atomic mass is 9.99. The van der Waals surface area contributed by atoms with Gasteiger partial charge in [-0.25, -0.2) is 0 Å². The number of thiol groups is 1. The van der Waals surface area contributed by atoms with E-state index >= 15 is 0 Å². The van der Waals surface area contributed by atoms with Crippen LogP contribution in [0.5, 0.6) is 0 Å². The Bertz CT molecular complexity index is 240. The lowest BCUT2D eigenvalue weighted by Gasteiger charge is -2.32. The first kappa shape index (κ1) is 21.7. The standard InChI is InChI=1S/C16H38O2SSi2/c1-7-9-11-17-21(18-12-10-8-2)13-15(19)20-16(5,6)14(3)4/h14-15,19,21H,7-13,20H2,1-6H3/t15-/m1/s1. The summed E-state index contributed by atoms with van der Waals surface area (Å²) >= 11 is 4.88. The Kier molecular flexibility index (Phi) is 12.6. The first-order valence-corrected chi connectivity index (χ1v) is 12.5. The van der Waals surface area contributed by atoms with E-state index in [0.717, 1.165) is 38.0 Å². The second kappa shape index (κ2) is 12.2. The number of unbranched alkanes of at least 4 members (excludes halogenated alkanes) is 2. The van der Waals surface area contributed by atoms with Crippen LogP contribution >= 0.6 is 12.6 Å². The summed E-state index contributed by atoms with van der Waals surface area (Å²) in [7, 11) is -1.76. The third-order valence-corrected chi connectivity index (χ3v) is 11.1. The van der Waals surface area contributed by atoms with Crippen LogP contribution in [-0.2, 0) is 8.85 Å². The molecule has 0 fully saturated rings. The molecule has 0 bridgehead atoms. The van der Waals surface area contributed by atoms with E-state index in [4.69, 9.17) is 21.5 Å². The van der Waals surface area contributed by atoms with Gasteiger partial charge < -0.3 is 8.85 Å². The Hall–Kier alpha value is 0.704. The summed E-state index contributed by atoms with van der Waals surface area (Å²) in [6.45, 7) is 15.6. The highest BCUT2D eigenvalue weighted by molar-refractivity contribution is 7.82. The Labute approximate surface area is 142 Å². The molecule has 1 atom stereocenters. The predicted molar refractivity (Wildman–Crippen MR) is 104 cm³/mol. The SMILES string of the molecule is CCCCO[SiH](C[C@H](S)[SiH2]C(C)(C)C(C)C)OCCCC. The van der Waals surface area contributed by atoms with E-state index in [0.29, 0.717) is 9.91 Å². The van der Waals surface area contributed by atoms with E-state index in [1.165, 1.54) is 12.8 Å². The zero-order valence-electron chi connectivity index (χ0n) is 15.2. The third-order valence-electron chi connectivity index (χ3n) is 4.39. The van der Waals surface area contributed by atoms with Crippen molar-refractivity contribution < 1.29 is 8.85 Å².